The van der Waals surface area contributed by atoms with Crippen molar-refractivity contribution in [1.82, 2.24) is 0 Å². The number of aliphatic hydroxyl groups is 2. The highest BCUT2D eigenvalue weighted by atomic mass is 16.5. The minimum atomic E-state index is -0.630. The normalized spacial score (nSPS) is 28.9. The molecule has 3 unspecified atom stereocenters. The van der Waals surface area contributed by atoms with Crippen LogP contribution in [-0.2, 0) is 0 Å². The van der Waals surface area contributed by atoms with Crippen LogP contribution in [0.5, 0.6) is 5.75 Å². The highest BCUT2D eigenvalue weighted by molar-refractivity contribution is 5.30. The molecule has 34 heavy (non-hydrogen) atoms. The largest absolute Gasteiger partial charge is 0.493 e. The van der Waals surface area contributed by atoms with Gasteiger partial charge in [-0.15, -0.1) is 0 Å². The zero-order valence-corrected chi connectivity index (χ0v) is 22.0. The summed E-state index contributed by atoms with van der Waals surface area (Å²) in [4.78, 5) is 0. The SMILES string of the molecule is C=C1[C@H](O)CC(=C/C=C(\C)C2CCC([C@@H](C)COc3cccc(C(C)C)c3)C2CCC)C[C@H]1O. The second kappa shape index (κ2) is 12.2. The molecule has 188 valence electrons. The molecule has 3 nitrogen and oxygen atoms in total. The molecule has 0 amide bonds. The quantitative estimate of drug-likeness (QED) is 0.378. The van der Waals surface area contributed by atoms with E-state index in [1.54, 1.807) is 0 Å². The van der Waals surface area contributed by atoms with Crippen LogP contribution >= 0.6 is 0 Å². The fourth-order valence-electron chi connectivity index (χ4n) is 6.01. The first kappa shape index (κ1) is 26.8. The van der Waals surface area contributed by atoms with Gasteiger partial charge >= 0.3 is 0 Å². The van der Waals surface area contributed by atoms with Gasteiger partial charge in [-0.05, 0) is 91.9 Å². The van der Waals surface area contributed by atoms with Crippen LogP contribution in [0.25, 0.3) is 0 Å². The smallest absolute Gasteiger partial charge is 0.119 e. The van der Waals surface area contributed by atoms with Gasteiger partial charge in [-0.25, -0.2) is 0 Å². The monoisotopic (exact) mass is 466 g/mol. The van der Waals surface area contributed by atoms with Gasteiger partial charge in [0.1, 0.15) is 5.75 Å². The lowest BCUT2D eigenvalue weighted by molar-refractivity contribution is 0.123. The van der Waals surface area contributed by atoms with Gasteiger partial charge < -0.3 is 14.9 Å². The van der Waals surface area contributed by atoms with Gasteiger partial charge in [-0.1, -0.05) is 76.1 Å². The molecule has 0 aliphatic heterocycles. The average Bonchev–Trinajstić information content (AvgIpc) is 3.23. The van der Waals surface area contributed by atoms with E-state index in [0.29, 0.717) is 48.0 Å². The Labute approximate surface area is 207 Å². The Morgan fingerprint density at radius 1 is 1.15 bits per heavy atom. The molecule has 2 N–H and O–H groups in total. The van der Waals surface area contributed by atoms with Gasteiger partial charge in [-0.2, -0.15) is 0 Å². The van der Waals surface area contributed by atoms with Crippen LogP contribution in [0.1, 0.15) is 84.6 Å². The van der Waals surface area contributed by atoms with Gasteiger partial charge in [0.05, 0.1) is 18.8 Å². The van der Waals surface area contributed by atoms with Crippen LogP contribution in [0.3, 0.4) is 0 Å². The van der Waals surface area contributed by atoms with E-state index in [1.807, 2.05) is 0 Å². The molecule has 1 aromatic carbocycles. The van der Waals surface area contributed by atoms with Crippen molar-refractivity contribution < 1.29 is 14.9 Å². The molecule has 2 fully saturated rings. The molecule has 0 radical (unpaired) electrons. The lowest BCUT2D eigenvalue weighted by Gasteiger charge is -2.30. The van der Waals surface area contributed by atoms with Crippen LogP contribution < -0.4 is 4.74 Å². The fraction of sp³-hybridized carbons (Fsp3) is 0.613. The highest BCUT2D eigenvalue weighted by Gasteiger charge is 2.39. The van der Waals surface area contributed by atoms with Crippen molar-refractivity contribution in [1.29, 1.82) is 0 Å². The summed E-state index contributed by atoms with van der Waals surface area (Å²) in [5, 5.41) is 20.3. The number of rotatable bonds is 9. The maximum Gasteiger partial charge on any atom is 0.119 e. The second-order valence-electron chi connectivity index (χ2n) is 11.1. The summed E-state index contributed by atoms with van der Waals surface area (Å²) in [7, 11) is 0. The Balaban J connectivity index is 1.64. The van der Waals surface area contributed by atoms with Crippen molar-refractivity contribution in [2.75, 3.05) is 6.61 Å². The van der Waals surface area contributed by atoms with E-state index in [4.69, 9.17) is 4.74 Å². The molecule has 0 aromatic heterocycles. The predicted octanol–water partition coefficient (Wildman–Crippen LogP) is 7.21. The molecule has 0 saturated heterocycles. The Hall–Kier alpha value is -1.84. The van der Waals surface area contributed by atoms with Crippen LogP contribution in [-0.4, -0.2) is 29.0 Å². The van der Waals surface area contributed by atoms with Crippen molar-refractivity contribution in [3.05, 3.63) is 65.3 Å². The number of benzene rings is 1. The van der Waals surface area contributed by atoms with Gasteiger partial charge in [0, 0.05) is 0 Å². The Bertz CT molecular complexity index is 864. The zero-order valence-electron chi connectivity index (χ0n) is 22.0. The molecule has 2 aliphatic rings. The molecule has 2 aliphatic carbocycles. The fourth-order valence-corrected chi connectivity index (χ4v) is 6.01. The average molecular weight is 467 g/mol. The summed E-state index contributed by atoms with van der Waals surface area (Å²) in [5.41, 5.74) is 4.41. The summed E-state index contributed by atoms with van der Waals surface area (Å²) >= 11 is 0. The minimum Gasteiger partial charge on any atom is -0.493 e. The standard InChI is InChI=1S/C31H46O3/c1-7-9-29-27(21(4)12-13-24-16-30(32)23(6)31(33)17-24)14-15-28(29)22(5)19-34-26-11-8-10-25(18-26)20(2)3/h8,10-13,18,20,22,27-33H,6-7,9,14-17,19H2,1-5H3/b21-12+/t22-,27?,28?,29?,30+,31+/m0/s1. The molecular formula is C31H46O3. The molecule has 0 bridgehead atoms. The summed E-state index contributed by atoms with van der Waals surface area (Å²) < 4.78 is 6.27. The van der Waals surface area contributed by atoms with Crippen LogP contribution in [0.4, 0.5) is 0 Å². The van der Waals surface area contributed by atoms with Gasteiger partial charge in [0.2, 0.25) is 0 Å². The Morgan fingerprint density at radius 2 is 1.85 bits per heavy atom. The maximum absolute atomic E-state index is 10.1. The molecule has 0 heterocycles. The third-order valence-electron chi connectivity index (χ3n) is 8.20. The summed E-state index contributed by atoms with van der Waals surface area (Å²) in [6.45, 7) is 15.9. The Kier molecular flexibility index (Phi) is 9.62. The van der Waals surface area contributed by atoms with Crippen molar-refractivity contribution in [2.24, 2.45) is 23.7 Å². The first-order valence-electron chi connectivity index (χ1n) is 13.3. The third-order valence-corrected chi connectivity index (χ3v) is 8.20. The first-order chi connectivity index (χ1) is 16.2. The minimum absolute atomic E-state index is 0.509. The van der Waals surface area contributed by atoms with Gasteiger partial charge in [0.25, 0.3) is 0 Å². The summed E-state index contributed by atoms with van der Waals surface area (Å²) in [6.07, 6.45) is 9.23. The molecule has 2 saturated carbocycles. The number of allylic oxidation sites excluding steroid dienone is 3. The number of hydrogen-bond acceptors (Lipinski definition) is 3. The predicted molar refractivity (Wildman–Crippen MR) is 142 cm³/mol. The molecule has 1 aromatic rings. The zero-order chi connectivity index (χ0) is 24.8. The summed E-state index contributed by atoms with van der Waals surface area (Å²) in [5.74, 6) is 3.97. The van der Waals surface area contributed by atoms with Crippen LogP contribution in [0.15, 0.2) is 59.7 Å². The van der Waals surface area contributed by atoms with E-state index in [-0.39, 0.29) is 0 Å². The molecule has 6 atom stereocenters. The molecule has 3 rings (SSSR count). The first-order valence-corrected chi connectivity index (χ1v) is 13.3. The Morgan fingerprint density at radius 3 is 2.50 bits per heavy atom. The van der Waals surface area contributed by atoms with Crippen molar-refractivity contribution in [3.8, 4) is 5.75 Å². The topological polar surface area (TPSA) is 49.7 Å². The van der Waals surface area contributed by atoms with Gasteiger partial charge in [-0.3, -0.25) is 0 Å². The van der Waals surface area contributed by atoms with Gasteiger partial charge in [0.15, 0.2) is 0 Å². The van der Waals surface area contributed by atoms with E-state index in [0.717, 1.165) is 17.9 Å². The molecule has 3 heteroatoms. The summed E-state index contributed by atoms with van der Waals surface area (Å²) in [6, 6.07) is 8.54. The van der Waals surface area contributed by atoms with Crippen molar-refractivity contribution >= 4 is 0 Å². The van der Waals surface area contributed by atoms with Crippen molar-refractivity contribution in [3.63, 3.8) is 0 Å². The number of hydrogen-bond donors (Lipinski definition) is 2. The van der Waals surface area contributed by atoms with Crippen LogP contribution in [0, 0.1) is 23.7 Å². The van der Waals surface area contributed by atoms with E-state index in [9.17, 15) is 10.2 Å². The maximum atomic E-state index is 10.1. The molecule has 0 spiro atoms. The van der Waals surface area contributed by atoms with Crippen molar-refractivity contribution in [2.45, 2.75) is 91.3 Å². The van der Waals surface area contributed by atoms with E-state index >= 15 is 0 Å². The van der Waals surface area contributed by atoms with Crippen LogP contribution in [0.2, 0.25) is 0 Å². The van der Waals surface area contributed by atoms with E-state index in [1.165, 1.54) is 36.8 Å². The van der Waals surface area contributed by atoms with E-state index in [2.05, 4.69) is 77.6 Å². The number of aliphatic hydroxyl groups excluding tert-OH is 2. The van der Waals surface area contributed by atoms with E-state index < -0.39 is 12.2 Å². The lowest BCUT2D eigenvalue weighted by Crippen LogP contribution is -2.27. The molecular weight excluding hydrogens is 420 g/mol. The highest BCUT2D eigenvalue weighted by Crippen LogP contribution is 2.47. The lowest BCUT2D eigenvalue weighted by atomic mass is 9.77. The third kappa shape index (κ3) is 6.64. The second-order valence-corrected chi connectivity index (χ2v) is 11.1. The number of ether oxygens (including phenoxy) is 1.